The number of aromatic nitrogens is 1. The van der Waals surface area contributed by atoms with E-state index in [2.05, 4.69) is 37.3 Å². The molecule has 1 aliphatic carbocycles. The minimum Gasteiger partial charge on any atom is -0.451 e. The Morgan fingerprint density at radius 2 is 1.30 bits per heavy atom. The summed E-state index contributed by atoms with van der Waals surface area (Å²) in [5.41, 5.74) is -1.42. The summed E-state index contributed by atoms with van der Waals surface area (Å²) in [7, 11) is -30.1. The first kappa shape index (κ1) is 47.5. The van der Waals surface area contributed by atoms with Gasteiger partial charge in [0.25, 0.3) is 0 Å². The molecular weight excluding hydrogens is 984 g/mol. The molecule has 5 rings (SSSR count). The molecule has 2 heterocycles. The lowest BCUT2D eigenvalue weighted by Crippen LogP contribution is -2.26. The number of hydrogen-bond donors (Lipinski definition) is 6. The standard InChI is InChI=1S/C26H26Cl2N4O22S6/c27-18-21-23(53-16-11-13(1-2-14(16)31-21)29-3-5-49-57(37,38)39)19(28)22-24(18)54-25-20(32-22)17(55(33,34)9-7-51-59(43,44)45)12-15(30-4-6-50-58(40,41)42)26(25)56(35,36)10-8-52-60(46,47)48/h1-2,11-12,29,31H,3-10H2,(H,37,38,39)(H,40,41,42)(H,43,44,45)(H,46,47,48). The van der Waals surface area contributed by atoms with Crippen LogP contribution in [0.1, 0.15) is 0 Å². The van der Waals surface area contributed by atoms with Gasteiger partial charge < -0.3 is 19.8 Å². The Morgan fingerprint density at radius 1 is 0.733 bits per heavy atom. The van der Waals surface area contributed by atoms with Gasteiger partial charge in [0.2, 0.25) is 0 Å². The Bertz CT molecular complexity index is 3090. The van der Waals surface area contributed by atoms with E-state index in [1.165, 1.54) is 18.2 Å². The zero-order valence-electron chi connectivity index (χ0n) is 29.2. The Balaban J connectivity index is 1.75. The average Bonchev–Trinajstić information content (AvgIpc) is 3.10. The zero-order chi connectivity index (χ0) is 44.6. The molecule has 34 heteroatoms. The lowest BCUT2D eigenvalue weighted by Gasteiger charge is -2.25. The Hall–Kier alpha value is -3.58. The smallest absolute Gasteiger partial charge is 0.397 e. The van der Waals surface area contributed by atoms with Crippen molar-refractivity contribution in [1.29, 1.82) is 0 Å². The first-order valence-corrected chi connectivity index (χ1v) is 25.2. The molecule has 0 saturated heterocycles. The molecule has 0 atom stereocenters. The predicted octanol–water partition coefficient (Wildman–Crippen LogP) is 1.23. The van der Waals surface area contributed by atoms with Gasteiger partial charge in [-0.2, -0.15) is 33.7 Å². The summed E-state index contributed by atoms with van der Waals surface area (Å²) in [6.07, 6.45) is 0. The summed E-state index contributed by atoms with van der Waals surface area (Å²) in [6, 6.07) is 4.96. The molecule has 0 aromatic heterocycles. The number of benzene rings is 3. The van der Waals surface area contributed by atoms with Crippen LogP contribution < -0.4 is 20.7 Å². The van der Waals surface area contributed by atoms with Crippen molar-refractivity contribution in [3.8, 4) is 23.0 Å². The number of fused-ring (bicyclic) bond motifs is 4. The van der Waals surface area contributed by atoms with Crippen molar-refractivity contribution in [3.63, 3.8) is 0 Å². The molecule has 0 unspecified atom stereocenters. The normalized spacial score (nSPS) is 14.1. The van der Waals surface area contributed by atoms with Gasteiger partial charge in [-0.05, 0) is 18.2 Å². The fourth-order valence-electron chi connectivity index (χ4n) is 5.12. The van der Waals surface area contributed by atoms with E-state index in [0.29, 0.717) is 11.8 Å². The molecular formula is C26H26Cl2N4O22S6. The van der Waals surface area contributed by atoms with Crippen LogP contribution in [-0.4, -0.2) is 125 Å². The van der Waals surface area contributed by atoms with E-state index in [-0.39, 0.29) is 29.4 Å². The van der Waals surface area contributed by atoms with Gasteiger partial charge in [-0.15, -0.1) is 0 Å². The molecule has 0 radical (unpaired) electrons. The van der Waals surface area contributed by atoms with Crippen LogP contribution in [0.4, 0.5) is 17.1 Å². The van der Waals surface area contributed by atoms with Gasteiger partial charge in [-0.1, -0.05) is 23.2 Å². The molecule has 2 aromatic rings. The van der Waals surface area contributed by atoms with Crippen molar-refractivity contribution < 1.29 is 94.6 Å². The number of ether oxygens (including phenoxy) is 1. The van der Waals surface area contributed by atoms with Crippen molar-refractivity contribution >= 4 is 113 Å². The molecule has 3 aliphatic rings. The van der Waals surface area contributed by atoms with E-state index in [1.54, 1.807) is 0 Å². The largest absolute Gasteiger partial charge is 0.451 e. The quantitative estimate of drug-likeness (QED) is 0.0385. The maximum absolute atomic E-state index is 13.9. The van der Waals surface area contributed by atoms with Crippen molar-refractivity contribution in [2.45, 2.75) is 9.79 Å². The monoisotopic (exact) mass is 1010 g/mol. The highest BCUT2D eigenvalue weighted by Crippen LogP contribution is 2.53. The Labute approximate surface area is 349 Å². The van der Waals surface area contributed by atoms with Gasteiger partial charge in [0.05, 0.1) is 60.4 Å². The second-order valence-electron chi connectivity index (χ2n) is 11.5. The maximum Gasteiger partial charge on any atom is 0.397 e. The molecule has 0 spiro atoms. The lowest BCUT2D eigenvalue weighted by atomic mass is 10.1. The van der Waals surface area contributed by atoms with E-state index in [9.17, 15) is 50.5 Å². The fourth-order valence-corrected chi connectivity index (χ4v) is 9.64. The molecule has 2 aliphatic heterocycles. The van der Waals surface area contributed by atoms with Gasteiger partial charge in [-0.25, -0.2) is 38.6 Å². The summed E-state index contributed by atoms with van der Waals surface area (Å²) in [6.45, 7) is -4.79. The first-order valence-electron chi connectivity index (χ1n) is 15.6. The Kier molecular flexibility index (Phi) is 14.0. The van der Waals surface area contributed by atoms with Gasteiger partial charge in [0, 0.05) is 18.3 Å². The summed E-state index contributed by atoms with van der Waals surface area (Å²) in [4.78, 5) is 6.13. The van der Waals surface area contributed by atoms with Crippen LogP contribution in [-0.2, 0) is 78.0 Å². The van der Waals surface area contributed by atoms with Gasteiger partial charge >= 0.3 is 41.6 Å². The van der Waals surface area contributed by atoms with Crippen LogP contribution >= 0.6 is 23.2 Å². The van der Waals surface area contributed by atoms with Crippen LogP contribution in [0.2, 0.25) is 10.0 Å². The predicted molar refractivity (Wildman–Crippen MR) is 203 cm³/mol. The van der Waals surface area contributed by atoms with Crippen LogP contribution in [0, 0.1) is 0 Å². The Morgan fingerprint density at radius 3 is 1.90 bits per heavy atom. The number of sulfone groups is 2. The summed E-state index contributed by atoms with van der Waals surface area (Å²) in [5.74, 6) is -3.68. The van der Waals surface area contributed by atoms with Crippen molar-refractivity contribution in [3.05, 3.63) is 39.7 Å². The fraction of sp³-hybridized carbons (Fsp3) is 0.308. The topological polar surface area (TPSA) is 394 Å². The number of anilines is 3. The van der Waals surface area contributed by atoms with Crippen LogP contribution in [0.3, 0.4) is 0 Å². The highest BCUT2D eigenvalue weighted by atomic mass is 35.5. The average molecular weight is 1010 g/mol. The third kappa shape index (κ3) is 12.1. The molecule has 26 nitrogen and oxygen atoms in total. The van der Waals surface area contributed by atoms with E-state index >= 15 is 0 Å². The summed E-state index contributed by atoms with van der Waals surface area (Å²) in [5, 5.41) is 4.04. The SMILES string of the molecule is O=S(=O)(O)OCCN=c1cc(S(=O)(=O)CCOS(=O)(=O)O)c2nc3c(Cl)c4c(c(Cl)c3oc-2c1S(=O)(=O)CCOS(=O)(=O)O)Nc1ccc(NCCOS(=O)(=O)O)cc1O4. The third-order valence-electron chi connectivity index (χ3n) is 7.39. The van der Waals surface area contributed by atoms with E-state index in [0.717, 1.165) is 0 Å². The zero-order valence-corrected chi connectivity index (χ0v) is 35.6. The van der Waals surface area contributed by atoms with Crippen molar-refractivity contribution in [2.24, 2.45) is 4.99 Å². The maximum atomic E-state index is 13.9. The molecule has 2 aromatic carbocycles. The number of halogens is 2. The molecule has 6 N–H and O–H groups in total. The second-order valence-corrected chi connectivity index (χ2v) is 20.8. The number of hydrogen-bond acceptors (Lipinski definition) is 22. The molecule has 60 heavy (non-hydrogen) atoms. The molecule has 332 valence electrons. The number of rotatable bonds is 19. The molecule has 0 bridgehead atoms. The lowest BCUT2D eigenvalue weighted by molar-refractivity contribution is 0.274. The van der Waals surface area contributed by atoms with E-state index in [4.69, 9.17) is 50.6 Å². The molecule has 0 amide bonds. The van der Waals surface area contributed by atoms with Gasteiger partial charge in [0.1, 0.15) is 31.8 Å². The second kappa shape index (κ2) is 17.7. The highest BCUT2D eigenvalue weighted by molar-refractivity contribution is 7.92. The van der Waals surface area contributed by atoms with E-state index < -0.39 is 153 Å². The third-order valence-corrected chi connectivity index (χ3v) is 13.4. The van der Waals surface area contributed by atoms with Crippen molar-refractivity contribution in [2.75, 3.05) is 61.7 Å². The van der Waals surface area contributed by atoms with Crippen LogP contribution in [0.25, 0.3) is 22.6 Å². The van der Waals surface area contributed by atoms with Crippen LogP contribution in [0.5, 0.6) is 11.5 Å². The van der Waals surface area contributed by atoms with Crippen LogP contribution in [0.15, 0.2) is 43.5 Å². The minimum atomic E-state index is -5.20. The van der Waals surface area contributed by atoms with Gasteiger partial charge in [-0.3, -0.25) is 23.2 Å². The molecule has 0 saturated carbocycles. The summed E-state index contributed by atoms with van der Waals surface area (Å²) < 4.78 is 208. The van der Waals surface area contributed by atoms with E-state index in [1.807, 2.05) is 0 Å². The van der Waals surface area contributed by atoms with Gasteiger partial charge in [0.15, 0.2) is 42.5 Å². The highest BCUT2D eigenvalue weighted by Gasteiger charge is 2.36. The first-order chi connectivity index (χ1) is 27.6. The minimum absolute atomic E-state index is 0.0741. The number of nitrogens with zero attached hydrogens (tertiary/aromatic N) is 2. The number of nitrogens with one attached hydrogen (secondary N) is 2. The van der Waals surface area contributed by atoms with Crippen molar-refractivity contribution in [1.82, 2.24) is 4.98 Å². The summed E-state index contributed by atoms with van der Waals surface area (Å²) >= 11 is 13.5. The molecule has 0 fully saturated rings.